The predicted octanol–water partition coefficient (Wildman–Crippen LogP) is 2.59. The van der Waals surface area contributed by atoms with E-state index < -0.39 is 0 Å². The third-order valence-electron chi connectivity index (χ3n) is 3.07. The van der Waals surface area contributed by atoms with Gasteiger partial charge in [-0.2, -0.15) is 0 Å². The summed E-state index contributed by atoms with van der Waals surface area (Å²) in [7, 11) is 0. The maximum atomic E-state index is 12.2. The molecule has 0 N–H and O–H groups in total. The molecule has 1 saturated heterocycles. The second kappa shape index (κ2) is 4.67. The molecule has 6 heteroatoms. The van der Waals surface area contributed by atoms with Crippen LogP contribution in [0.1, 0.15) is 42.9 Å². The maximum absolute atomic E-state index is 12.2. The lowest BCUT2D eigenvalue weighted by molar-refractivity contribution is 0.0675. The lowest BCUT2D eigenvalue weighted by Gasteiger charge is -2.26. The Hall–Kier alpha value is -0.680. The molecule has 0 bridgehead atoms. The summed E-state index contributed by atoms with van der Waals surface area (Å²) in [5, 5.41) is 7.88. The molecule has 1 aliphatic rings. The molecule has 2 atom stereocenters. The summed E-state index contributed by atoms with van der Waals surface area (Å²) in [6.07, 6.45) is 3.13. The molecule has 2 heterocycles. The van der Waals surface area contributed by atoms with Gasteiger partial charge in [-0.1, -0.05) is 18.3 Å². The van der Waals surface area contributed by atoms with Crippen molar-refractivity contribution in [1.29, 1.82) is 0 Å². The van der Waals surface area contributed by atoms with Crippen LogP contribution in [0.4, 0.5) is 0 Å². The molecule has 0 saturated carbocycles. The average Bonchev–Trinajstić information content (AvgIpc) is 2.83. The van der Waals surface area contributed by atoms with Crippen LogP contribution >= 0.6 is 22.9 Å². The fourth-order valence-electron chi connectivity index (χ4n) is 2.24. The third kappa shape index (κ3) is 2.06. The van der Waals surface area contributed by atoms with E-state index in [1.807, 2.05) is 4.90 Å². The first-order valence-electron chi connectivity index (χ1n) is 5.45. The highest BCUT2D eigenvalue weighted by atomic mass is 35.5. The van der Waals surface area contributed by atoms with Gasteiger partial charge < -0.3 is 4.90 Å². The number of hydrogen-bond acceptors (Lipinski definition) is 4. The van der Waals surface area contributed by atoms with Crippen LogP contribution in [-0.4, -0.2) is 33.1 Å². The summed E-state index contributed by atoms with van der Waals surface area (Å²) in [6.45, 7) is 4.19. The number of rotatable bonds is 2. The van der Waals surface area contributed by atoms with Crippen molar-refractivity contribution in [3.8, 4) is 0 Å². The molecule has 4 nitrogen and oxygen atoms in total. The zero-order chi connectivity index (χ0) is 11.7. The minimum Gasteiger partial charge on any atom is -0.331 e. The lowest BCUT2D eigenvalue weighted by Crippen LogP contribution is -2.39. The number of hydrogen-bond donors (Lipinski definition) is 0. The molecule has 1 aromatic heterocycles. The van der Waals surface area contributed by atoms with Crippen LogP contribution < -0.4 is 0 Å². The van der Waals surface area contributed by atoms with Crippen LogP contribution in [0.15, 0.2) is 0 Å². The Kier molecular flexibility index (Phi) is 3.44. The Labute approximate surface area is 104 Å². The standard InChI is InChI=1S/C10H14ClN3OS/c1-3-7-5-4-6(2)14(7)9(15)8-12-13-10(11)16-8/h6-7H,3-5H2,1-2H3. The van der Waals surface area contributed by atoms with E-state index in [-0.39, 0.29) is 5.91 Å². The number of amides is 1. The number of nitrogens with zero attached hydrogens (tertiary/aromatic N) is 3. The van der Waals surface area contributed by atoms with E-state index in [0.717, 1.165) is 30.6 Å². The molecule has 0 radical (unpaired) electrons. The first kappa shape index (κ1) is 11.8. The first-order chi connectivity index (χ1) is 7.63. The van der Waals surface area contributed by atoms with E-state index in [0.29, 0.717) is 21.6 Å². The van der Waals surface area contributed by atoms with Crippen molar-refractivity contribution < 1.29 is 4.79 Å². The Balaban J connectivity index is 2.20. The molecule has 0 aromatic carbocycles. The highest BCUT2D eigenvalue weighted by Crippen LogP contribution is 2.29. The van der Waals surface area contributed by atoms with E-state index in [2.05, 4.69) is 24.0 Å². The summed E-state index contributed by atoms with van der Waals surface area (Å²) in [6, 6.07) is 0.630. The Bertz CT molecular complexity index is 395. The quantitative estimate of drug-likeness (QED) is 0.820. The van der Waals surface area contributed by atoms with Crippen molar-refractivity contribution in [3.63, 3.8) is 0 Å². The largest absolute Gasteiger partial charge is 0.331 e. The van der Waals surface area contributed by atoms with Crippen LogP contribution in [0.25, 0.3) is 0 Å². The van der Waals surface area contributed by atoms with Crippen LogP contribution in [0.3, 0.4) is 0 Å². The van der Waals surface area contributed by atoms with Crippen molar-refractivity contribution >= 4 is 28.8 Å². The van der Waals surface area contributed by atoms with E-state index in [4.69, 9.17) is 11.6 Å². The maximum Gasteiger partial charge on any atom is 0.285 e. The highest BCUT2D eigenvalue weighted by Gasteiger charge is 2.35. The first-order valence-corrected chi connectivity index (χ1v) is 6.64. The fourth-order valence-corrected chi connectivity index (χ4v) is 3.01. The molecule has 1 amide bonds. The van der Waals surface area contributed by atoms with E-state index in [1.54, 1.807) is 0 Å². The van der Waals surface area contributed by atoms with Gasteiger partial charge in [-0.25, -0.2) is 0 Å². The normalized spacial score (nSPS) is 25.1. The van der Waals surface area contributed by atoms with Crippen LogP contribution in [0.5, 0.6) is 0 Å². The van der Waals surface area contributed by atoms with Crippen molar-refractivity contribution in [2.24, 2.45) is 0 Å². The van der Waals surface area contributed by atoms with Gasteiger partial charge in [-0.3, -0.25) is 4.79 Å². The minimum atomic E-state index is -0.0266. The molecule has 0 aliphatic carbocycles. The van der Waals surface area contributed by atoms with Crippen molar-refractivity contribution in [1.82, 2.24) is 15.1 Å². The Morgan fingerprint density at radius 3 is 2.88 bits per heavy atom. The van der Waals surface area contributed by atoms with Gasteiger partial charge in [0.1, 0.15) is 0 Å². The van der Waals surface area contributed by atoms with Gasteiger partial charge in [0.15, 0.2) is 0 Å². The Morgan fingerprint density at radius 2 is 2.31 bits per heavy atom. The number of halogens is 1. The minimum absolute atomic E-state index is 0.0266. The van der Waals surface area contributed by atoms with Crippen molar-refractivity contribution in [3.05, 3.63) is 9.47 Å². The molecular weight excluding hydrogens is 246 g/mol. The topological polar surface area (TPSA) is 46.1 Å². The van der Waals surface area contributed by atoms with Gasteiger partial charge in [0, 0.05) is 12.1 Å². The van der Waals surface area contributed by atoms with Crippen LogP contribution in [0, 0.1) is 0 Å². The zero-order valence-corrected chi connectivity index (χ0v) is 10.9. The van der Waals surface area contributed by atoms with Gasteiger partial charge in [0.05, 0.1) is 0 Å². The van der Waals surface area contributed by atoms with E-state index >= 15 is 0 Å². The van der Waals surface area contributed by atoms with Crippen molar-refractivity contribution in [2.75, 3.05) is 0 Å². The average molecular weight is 260 g/mol. The second-order valence-electron chi connectivity index (χ2n) is 4.06. The summed E-state index contributed by atoms with van der Waals surface area (Å²) in [5.41, 5.74) is 0. The molecule has 0 spiro atoms. The summed E-state index contributed by atoms with van der Waals surface area (Å²) >= 11 is 6.84. The summed E-state index contributed by atoms with van der Waals surface area (Å²) in [5.74, 6) is -0.0266. The second-order valence-corrected chi connectivity index (χ2v) is 5.62. The lowest BCUT2D eigenvalue weighted by atomic mass is 10.1. The van der Waals surface area contributed by atoms with E-state index in [1.165, 1.54) is 0 Å². The van der Waals surface area contributed by atoms with Gasteiger partial charge in [0.2, 0.25) is 9.47 Å². The number of aromatic nitrogens is 2. The number of carbonyl (C=O) groups is 1. The molecule has 2 unspecified atom stereocenters. The Morgan fingerprint density at radius 1 is 1.56 bits per heavy atom. The zero-order valence-electron chi connectivity index (χ0n) is 9.31. The molecule has 1 aromatic rings. The van der Waals surface area contributed by atoms with Crippen LogP contribution in [-0.2, 0) is 0 Å². The van der Waals surface area contributed by atoms with Crippen molar-refractivity contribution in [2.45, 2.75) is 45.2 Å². The number of likely N-dealkylation sites (tertiary alicyclic amines) is 1. The van der Waals surface area contributed by atoms with Gasteiger partial charge in [0.25, 0.3) is 5.91 Å². The fraction of sp³-hybridized carbons (Fsp3) is 0.700. The molecular formula is C10H14ClN3OS. The van der Waals surface area contributed by atoms with Gasteiger partial charge >= 0.3 is 0 Å². The smallest absolute Gasteiger partial charge is 0.285 e. The third-order valence-corrected chi connectivity index (χ3v) is 4.08. The monoisotopic (exact) mass is 259 g/mol. The highest BCUT2D eigenvalue weighted by molar-refractivity contribution is 7.17. The molecule has 16 heavy (non-hydrogen) atoms. The molecule has 88 valence electrons. The molecule has 2 rings (SSSR count). The predicted molar refractivity (Wildman–Crippen MR) is 63.9 cm³/mol. The molecule has 1 fully saturated rings. The van der Waals surface area contributed by atoms with Gasteiger partial charge in [-0.05, 0) is 37.8 Å². The molecule has 1 aliphatic heterocycles. The van der Waals surface area contributed by atoms with Gasteiger partial charge in [-0.15, -0.1) is 10.2 Å². The van der Waals surface area contributed by atoms with Crippen LogP contribution in [0.2, 0.25) is 4.47 Å². The summed E-state index contributed by atoms with van der Waals surface area (Å²) < 4.78 is 0.322. The SMILES string of the molecule is CCC1CCC(C)N1C(=O)c1nnc(Cl)s1. The summed E-state index contributed by atoms with van der Waals surface area (Å²) in [4.78, 5) is 14.1. The van der Waals surface area contributed by atoms with E-state index in [9.17, 15) is 4.79 Å². The number of carbonyl (C=O) groups excluding carboxylic acids is 1.